The smallest absolute Gasteiger partial charge is 0.335 e. The molecule has 0 aliphatic carbocycles. The van der Waals surface area contributed by atoms with Gasteiger partial charge in [0.2, 0.25) is 0 Å². The number of benzene rings is 2. The molecular formula is C18H20N2O3. The molecule has 2 aromatic carbocycles. The summed E-state index contributed by atoms with van der Waals surface area (Å²) in [5, 5.41) is 11.8. The zero-order chi connectivity index (χ0) is 16.8. The number of carboxylic acids is 1. The number of carboxylic acid groups (broad SMARTS) is 1. The molecule has 1 amide bonds. The van der Waals surface area contributed by atoms with Crippen LogP contribution in [0.25, 0.3) is 0 Å². The van der Waals surface area contributed by atoms with E-state index in [0.717, 1.165) is 11.3 Å². The molecule has 0 bridgehead atoms. The lowest BCUT2D eigenvalue weighted by Gasteiger charge is -2.16. The first-order valence-corrected chi connectivity index (χ1v) is 7.36. The van der Waals surface area contributed by atoms with Crippen LogP contribution in [0.1, 0.15) is 26.3 Å². The highest BCUT2D eigenvalue weighted by atomic mass is 16.4. The number of amides is 1. The zero-order valence-corrected chi connectivity index (χ0v) is 13.2. The zero-order valence-electron chi connectivity index (χ0n) is 13.2. The van der Waals surface area contributed by atoms with Gasteiger partial charge in [-0.25, -0.2) is 4.79 Å². The first-order chi connectivity index (χ1) is 11.0. The lowest BCUT2D eigenvalue weighted by atomic mass is 10.1. The maximum absolute atomic E-state index is 12.3. The second kappa shape index (κ2) is 7.45. The van der Waals surface area contributed by atoms with Gasteiger partial charge < -0.3 is 15.3 Å². The van der Waals surface area contributed by atoms with Crippen LogP contribution in [0.2, 0.25) is 0 Å². The minimum atomic E-state index is -0.940. The molecule has 0 atom stereocenters. The first kappa shape index (κ1) is 16.5. The van der Waals surface area contributed by atoms with Crippen LogP contribution < -0.4 is 10.2 Å². The van der Waals surface area contributed by atoms with E-state index in [9.17, 15) is 9.59 Å². The third-order valence-electron chi connectivity index (χ3n) is 3.53. The van der Waals surface area contributed by atoms with Gasteiger partial charge in [0.25, 0.3) is 5.91 Å². The van der Waals surface area contributed by atoms with Crippen LogP contribution in [0.15, 0.2) is 48.5 Å². The van der Waals surface area contributed by atoms with Gasteiger partial charge in [0.05, 0.1) is 11.1 Å². The molecular weight excluding hydrogens is 292 g/mol. The Bertz CT molecular complexity index is 694. The minimum Gasteiger partial charge on any atom is -0.478 e. The van der Waals surface area contributed by atoms with E-state index in [0.29, 0.717) is 18.5 Å². The van der Waals surface area contributed by atoms with Crippen molar-refractivity contribution in [1.29, 1.82) is 0 Å². The number of nitrogens with zero attached hydrogens (tertiary/aromatic N) is 1. The van der Waals surface area contributed by atoms with Crippen LogP contribution in [-0.2, 0) is 6.42 Å². The molecule has 0 aromatic heterocycles. The molecule has 120 valence electrons. The Morgan fingerprint density at radius 1 is 1.04 bits per heavy atom. The van der Waals surface area contributed by atoms with Crippen molar-refractivity contribution in [3.63, 3.8) is 0 Å². The number of nitrogens with one attached hydrogen (secondary N) is 1. The molecule has 0 radical (unpaired) electrons. The van der Waals surface area contributed by atoms with Crippen molar-refractivity contribution in [3.8, 4) is 0 Å². The monoisotopic (exact) mass is 312 g/mol. The average molecular weight is 312 g/mol. The molecule has 0 heterocycles. The second-order valence-corrected chi connectivity index (χ2v) is 5.42. The number of hydrogen-bond donors (Lipinski definition) is 2. The van der Waals surface area contributed by atoms with Crippen molar-refractivity contribution in [2.75, 3.05) is 25.5 Å². The van der Waals surface area contributed by atoms with E-state index in [-0.39, 0.29) is 11.5 Å². The topological polar surface area (TPSA) is 69.6 Å². The number of hydrogen-bond acceptors (Lipinski definition) is 3. The molecule has 23 heavy (non-hydrogen) atoms. The molecule has 0 fully saturated rings. The van der Waals surface area contributed by atoms with Crippen molar-refractivity contribution in [1.82, 2.24) is 5.32 Å². The molecule has 0 saturated carbocycles. The van der Waals surface area contributed by atoms with Gasteiger partial charge in [-0.1, -0.05) is 24.3 Å². The highest BCUT2D eigenvalue weighted by Crippen LogP contribution is 2.17. The van der Waals surface area contributed by atoms with Gasteiger partial charge in [0.1, 0.15) is 0 Å². The van der Waals surface area contributed by atoms with Crippen molar-refractivity contribution < 1.29 is 14.7 Å². The Morgan fingerprint density at radius 3 is 2.30 bits per heavy atom. The van der Waals surface area contributed by atoms with E-state index in [1.165, 1.54) is 0 Å². The van der Waals surface area contributed by atoms with Gasteiger partial charge in [-0.3, -0.25) is 4.79 Å². The highest BCUT2D eigenvalue weighted by Gasteiger charge is 2.11. The summed E-state index contributed by atoms with van der Waals surface area (Å²) in [6.07, 6.45) is 0.649. The summed E-state index contributed by atoms with van der Waals surface area (Å²) in [7, 11) is 3.80. The molecule has 0 aliphatic rings. The fourth-order valence-corrected chi connectivity index (χ4v) is 2.29. The Balaban J connectivity index is 1.94. The van der Waals surface area contributed by atoms with E-state index in [1.807, 2.05) is 37.2 Å². The minimum absolute atomic E-state index is 0.114. The number of para-hydroxylation sites is 1. The predicted octanol–water partition coefficient (Wildman–Crippen LogP) is 2.42. The van der Waals surface area contributed by atoms with E-state index in [4.69, 9.17) is 5.11 Å². The summed E-state index contributed by atoms with van der Waals surface area (Å²) in [6, 6.07) is 14.1. The van der Waals surface area contributed by atoms with Crippen LogP contribution in [0, 0.1) is 0 Å². The average Bonchev–Trinajstić information content (AvgIpc) is 2.55. The van der Waals surface area contributed by atoms with Gasteiger partial charge in [-0.05, 0) is 36.2 Å². The van der Waals surface area contributed by atoms with Crippen LogP contribution >= 0.6 is 0 Å². The quantitative estimate of drug-likeness (QED) is 0.859. The summed E-state index contributed by atoms with van der Waals surface area (Å²) in [5.41, 5.74) is 2.75. The fraction of sp³-hybridized carbons (Fsp3) is 0.222. The lowest BCUT2D eigenvalue weighted by Crippen LogP contribution is -2.27. The number of carbonyl (C=O) groups is 2. The summed E-state index contributed by atoms with van der Waals surface area (Å²) >= 11 is 0. The molecule has 0 spiro atoms. The van der Waals surface area contributed by atoms with Gasteiger partial charge in [-0.15, -0.1) is 0 Å². The Labute approximate surface area is 135 Å². The van der Waals surface area contributed by atoms with Gasteiger partial charge in [-0.2, -0.15) is 0 Å². The summed E-state index contributed by atoms with van der Waals surface area (Å²) in [5.74, 6) is -1.05. The van der Waals surface area contributed by atoms with Gasteiger partial charge >= 0.3 is 5.97 Å². The first-order valence-electron chi connectivity index (χ1n) is 7.36. The molecule has 2 rings (SSSR count). The predicted molar refractivity (Wildman–Crippen MR) is 90.2 cm³/mol. The van der Waals surface area contributed by atoms with Gasteiger partial charge in [0.15, 0.2) is 0 Å². The molecule has 0 unspecified atom stereocenters. The van der Waals surface area contributed by atoms with Gasteiger partial charge in [0, 0.05) is 26.3 Å². The van der Waals surface area contributed by atoms with Crippen molar-refractivity contribution in [2.24, 2.45) is 0 Å². The summed E-state index contributed by atoms with van der Waals surface area (Å²) in [4.78, 5) is 25.0. The molecule has 0 aliphatic heterocycles. The fourth-order valence-electron chi connectivity index (χ4n) is 2.29. The number of anilines is 1. The molecule has 2 N–H and O–H groups in total. The van der Waals surface area contributed by atoms with Crippen molar-refractivity contribution >= 4 is 17.6 Å². The molecule has 0 saturated heterocycles. The normalized spacial score (nSPS) is 10.2. The van der Waals surface area contributed by atoms with E-state index >= 15 is 0 Å². The standard InChI is InChI=1S/C18H20N2O3/c1-20(2)16-6-4-3-5-15(16)17(21)19-12-11-13-7-9-14(10-8-13)18(22)23/h3-10H,11-12H2,1-2H3,(H,19,21)(H,22,23). The molecule has 2 aromatic rings. The molecule has 5 nitrogen and oxygen atoms in total. The van der Waals surface area contributed by atoms with Crippen LogP contribution in [0.4, 0.5) is 5.69 Å². The maximum atomic E-state index is 12.3. The van der Waals surface area contributed by atoms with Crippen molar-refractivity contribution in [2.45, 2.75) is 6.42 Å². The maximum Gasteiger partial charge on any atom is 0.335 e. The third-order valence-corrected chi connectivity index (χ3v) is 3.53. The van der Waals surface area contributed by atoms with E-state index in [1.54, 1.807) is 30.3 Å². The summed E-state index contributed by atoms with van der Waals surface area (Å²) < 4.78 is 0. The largest absolute Gasteiger partial charge is 0.478 e. The number of aromatic carboxylic acids is 1. The van der Waals surface area contributed by atoms with Crippen LogP contribution in [-0.4, -0.2) is 37.6 Å². The number of carbonyl (C=O) groups excluding carboxylic acids is 1. The Hall–Kier alpha value is -2.82. The third kappa shape index (κ3) is 4.32. The number of rotatable bonds is 6. The SMILES string of the molecule is CN(C)c1ccccc1C(=O)NCCc1ccc(C(=O)O)cc1. The Morgan fingerprint density at radius 2 is 1.70 bits per heavy atom. The highest BCUT2D eigenvalue weighted by molar-refractivity contribution is 5.99. The van der Waals surface area contributed by atoms with Crippen LogP contribution in [0.5, 0.6) is 0 Å². The van der Waals surface area contributed by atoms with Crippen molar-refractivity contribution in [3.05, 3.63) is 65.2 Å². The summed E-state index contributed by atoms with van der Waals surface area (Å²) in [6.45, 7) is 0.493. The van der Waals surface area contributed by atoms with E-state index in [2.05, 4.69) is 5.32 Å². The van der Waals surface area contributed by atoms with E-state index < -0.39 is 5.97 Å². The lowest BCUT2D eigenvalue weighted by molar-refractivity contribution is 0.0696. The van der Waals surface area contributed by atoms with Crippen LogP contribution in [0.3, 0.4) is 0 Å². The second-order valence-electron chi connectivity index (χ2n) is 5.42. The molecule has 5 heteroatoms. The Kier molecular flexibility index (Phi) is 5.36.